The van der Waals surface area contributed by atoms with Gasteiger partial charge in [0, 0.05) is 6.08 Å². The molecule has 1 aromatic carbocycles. The number of nitrogens with one attached hydrogen (secondary N) is 1. The molecule has 0 saturated carbocycles. The van der Waals surface area contributed by atoms with Gasteiger partial charge < -0.3 is 10.5 Å². The Morgan fingerprint density at radius 2 is 1.72 bits per heavy atom. The normalized spacial score (nSPS) is 12.9. The molecule has 0 bridgehead atoms. The average molecular weight is 358 g/mol. The number of hydrogen-bond donors (Lipinski definition) is 2. The molecule has 0 unspecified atom stereocenters. The van der Waals surface area contributed by atoms with Crippen molar-refractivity contribution in [3.63, 3.8) is 0 Å². The molecule has 3 amide bonds. The largest absolute Gasteiger partial charge is 0.449 e. The quantitative estimate of drug-likeness (QED) is 0.624. The summed E-state index contributed by atoms with van der Waals surface area (Å²) < 4.78 is 42.3. The first-order chi connectivity index (χ1) is 11.5. The summed E-state index contributed by atoms with van der Waals surface area (Å²) in [5.41, 5.74) is 4.36. The first-order valence-electron chi connectivity index (χ1n) is 7.17. The number of carbonyl (C=O) groups excluding carboxylic acids is 3. The molecular weight excluding hydrogens is 341 g/mol. The zero-order valence-corrected chi connectivity index (χ0v) is 13.5. The van der Waals surface area contributed by atoms with Crippen LogP contribution in [0.25, 0.3) is 6.08 Å². The molecule has 0 saturated heterocycles. The van der Waals surface area contributed by atoms with Crippen LogP contribution in [0.2, 0.25) is 0 Å². The lowest BCUT2D eigenvalue weighted by Gasteiger charge is -2.18. The van der Waals surface area contributed by atoms with Crippen LogP contribution in [0.3, 0.4) is 0 Å². The van der Waals surface area contributed by atoms with Crippen molar-refractivity contribution >= 4 is 24.0 Å². The zero-order valence-electron chi connectivity index (χ0n) is 13.5. The fourth-order valence-electron chi connectivity index (χ4n) is 1.80. The summed E-state index contributed by atoms with van der Waals surface area (Å²) in [5.74, 6) is -2.18. The summed E-state index contributed by atoms with van der Waals surface area (Å²) >= 11 is 0. The molecule has 0 spiro atoms. The lowest BCUT2D eigenvalue weighted by molar-refractivity contribution is -0.153. The third-order valence-corrected chi connectivity index (χ3v) is 3.00. The minimum atomic E-state index is -4.44. The van der Waals surface area contributed by atoms with E-state index < -0.39 is 41.7 Å². The molecule has 25 heavy (non-hydrogen) atoms. The molecule has 9 heteroatoms. The number of alkyl halides is 3. The minimum absolute atomic E-state index is 0.340. The Hall–Kier alpha value is -2.84. The summed E-state index contributed by atoms with van der Waals surface area (Å²) in [5, 5.41) is 1.82. The molecule has 0 aromatic heterocycles. The molecule has 0 aliphatic carbocycles. The number of hydrogen-bond acceptors (Lipinski definition) is 4. The van der Waals surface area contributed by atoms with Gasteiger partial charge in [0.05, 0.1) is 5.56 Å². The number of halogens is 3. The minimum Gasteiger partial charge on any atom is -0.449 e. The molecule has 1 rings (SSSR count). The third kappa shape index (κ3) is 6.66. The van der Waals surface area contributed by atoms with Crippen molar-refractivity contribution in [2.24, 2.45) is 11.7 Å². The van der Waals surface area contributed by atoms with Crippen molar-refractivity contribution in [2.75, 3.05) is 0 Å². The van der Waals surface area contributed by atoms with Crippen molar-refractivity contribution in [1.82, 2.24) is 5.32 Å². The zero-order chi connectivity index (χ0) is 19.2. The van der Waals surface area contributed by atoms with E-state index >= 15 is 0 Å². The Morgan fingerprint density at radius 1 is 1.16 bits per heavy atom. The van der Waals surface area contributed by atoms with E-state index in [1.807, 2.05) is 5.32 Å². The van der Waals surface area contributed by atoms with Crippen LogP contribution < -0.4 is 11.1 Å². The van der Waals surface area contributed by atoms with Crippen molar-refractivity contribution in [1.29, 1.82) is 0 Å². The van der Waals surface area contributed by atoms with Gasteiger partial charge in [-0.2, -0.15) is 13.2 Å². The fourth-order valence-corrected chi connectivity index (χ4v) is 1.80. The molecule has 3 N–H and O–H groups in total. The van der Waals surface area contributed by atoms with E-state index in [0.717, 1.165) is 18.2 Å². The molecule has 1 aromatic rings. The molecule has 0 fully saturated rings. The second-order valence-corrected chi connectivity index (χ2v) is 5.41. The van der Waals surface area contributed by atoms with Gasteiger partial charge in [0.1, 0.15) is 0 Å². The Kier molecular flexibility index (Phi) is 6.72. The Morgan fingerprint density at radius 3 is 2.16 bits per heavy atom. The highest BCUT2D eigenvalue weighted by molar-refractivity contribution is 5.97. The summed E-state index contributed by atoms with van der Waals surface area (Å²) in [4.78, 5) is 34.2. The number of amides is 3. The van der Waals surface area contributed by atoms with Crippen molar-refractivity contribution in [2.45, 2.75) is 26.1 Å². The highest BCUT2D eigenvalue weighted by atomic mass is 19.4. The maximum Gasteiger partial charge on any atom is 0.416 e. The summed E-state index contributed by atoms with van der Waals surface area (Å²) in [7, 11) is 0. The van der Waals surface area contributed by atoms with E-state index in [0.29, 0.717) is 5.56 Å². The number of imide groups is 1. The topological polar surface area (TPSA) is 98.5 Å². The lowest BCUT2D eigenvalue weighted by Crippen LogP contribution is -2.45. The molecular formula is C16H17F3N2O4. The maximum absolute atomic E-state index is 12.5. The number of esters is 1. The number of rotatable bonds is 5. The molecule has 0 aliphatic rings. The van der Waals surface area contributed by atoms with Gasteiger partial charge in [0.25, 0.3) is 5.91 Å². The molecule has 6 nitrogen and oxygen atoms in total. The number of nitrogens with two attached hydrogens (primary N) is 1. The van der Waals surface area contributed by atoms with E-state index in [1.54, 1.807) is 13.8 Å². The third-order valence-electron chi connectivity index (χ3n) is 3.00. The standard InChI is InChI=1S/C16H17F3N2O4/c1-9(2)13(14(23)21-15(20)24)25-12(22)8-5-10-3-6-11(7-4-10)16(17,18)19/h3-9,13H,1-2H3,(H3,20,21,23,24)/b8-5+/t13-/m0/s1. The van der Waals surface area contributed by atoms with Crippen LogP contribution >= 0.6 is 0 Å². The van der Waals surface area contributed by atoms with Gasteiger partial charge in [-0.15, -0.1) is 0 Å². The van der Waals surface area contributed by atoms with E-state index in [1.165, 1.54) is 18.2 Å². The van der Waals surface area contributed by atoms with Gasteiger partial charge in [0.2, 0.25) is 0 Å². The number of benzene rings is 1. The van der Waals surface area contributed by atoms with Crippen molar-refractivity contribution in [3.8, 4) is 0 Å². The predicted octanol–water partition coefficient (Wildman–Crippen LogP) is 2.48. The number of primary amides is 1. The van der Waals surface area contributed by atoms with Crippen LogP contribution in [0.4, 0.5) is 18.0 Å². The van der Waals surface area contributed by atoms with Gasteiger partial charge in [-0.05, 0) is 29.7 Å². The SMILES string of the molecule is CC(C)[C@H](OC(=O)/C=C/c1ccc(C(F)(F)F)cc1)C(=O)NC(N)=O. The molecule has 0 heterocycles. The number of urea groups is 1. The van der Waals surface area contributed by atoms with Crippen LogP contribution in [0, 0.1) is 5.92 Å². The van der Waals surface area contributed by atoms with Gasteiger partial charge in [0.15, 0.2) is 6.10 Å². The molecule has 0 aliphatic heterocycles. The highest BCUT2D eigenvalue weighted by Crippen LogP contribution is 2.29. The molecule has 136 valence electrons. The first-order valence-corrected chi connectivity index (χ1v) is 7.17. The smallest absolute Gasteiger partial charge is 0.416 e. The van der Waals surface area contributed by atoms with Gasteiger partial charge >= 0.3 is 18.2 Å². The van der Waals surface area contributed by atoms with Crippen LogP contribution in [0.1, 0.15) is 25.0 Å². The van der Waals surface area contributed by atoms with Gasteiger partial charge in [-0.25, -0.2) is 9.59 Å². The maximum atomic E-state index is 12.5. The fraction of sp³-hybridized carbons (Fsp3) is 0.312. The van der Waals surface area contributed by atoms with E-state index in [-0.39, 0.29) is 0 Å². The van der Waals surface area contributed by atoms with E-state index in [4.69, 9.17) is 10.5 Å². The summed E-state index contributed by atoms with van der Waals surface area (Å²) in [6.45, 7) is 3.19. The Bertz CT molecular complexity index is 667. The Labute approximate surface area is 141 Å². The van der Waals surface area contributed by atoms with Crippen molar-refractivity contribution < 1.29 is 32.3 Å². The van der Waals surface area contributed by atoms with E-state index in [2.05, 4.69) is 0 Å². The van der Waals surface area contributed by atoms with Crippen LogP contribution in [0.15, 0.2) is 30.3 Å². The van der Waals surface area contributed by atoms with Crippen LogP contribution in [-0.2, 0) is 20.5 Å². The lowest BCUT2D eigenvalue weighted by atomic mass is 10.1. The van der Waals surface area contributed by atoms with Crippen LogP contribution in [0.5, 0.6) is 0 Å². The van der Waals surface area contributed by atoms with Gasteiger partial charge in [-0.1, -0.05) is 26.0 Å². The number of carbonyl (C=O) groups is 3. The van der Waals surface area contributed by atoms with Crippen LogP contribution in [-0.4, -0.2) is 24.0 Å². The van der Waals surface area contributed by atoms with E-state index in [9.17, 15) is 27.6 Å². The van der Waals surface area contributed by atoms with Gasteiger partial charge in [-0.3, -0.25) is 10.1 Å². The van der Waals surface area contributed by atoms with Crippen molar-refractivity contribution in [3.05, 3.63) is 41.5 Å². The monoisotopic (exact) mass is 358 g/mol. The second-order valence-electron chi connectivity index (χ2n) is 5.41. The Balaban J connectivity index is 2.75. The second kappa shape index (κ2) is 8.32. The predicted molar refractivity (Wildman–Crippen MR) is 82.9 cm³/mol. The summed E-state index contributed by atoms with van der Waals surface area (Å²) in [6.07, 6.45) is -3.47. The average Bonchev–Trinajstić information content (AvgIpc) is 2.49. The number of ether oxygens (including phenoxy) is 1. The highest BCUT2D eigenvalue weighted by Gasteiger charge is 2.30. The molecule has 1 atom stereocenters. The first kappa shape index (κ1) is 20.2. The molecule has 0 radical (unpaired) electrons. The summed E-state index contributed by atoms with van der Waals surface area (Å²) in [6, 6.07) is 3.05.